The summed E-state index contributed by atoms with van der Waals surface area (Å²) < 4.78 is 5.35. The van der Waals surface area contributed by atoms with Crippen LogP contribution >= 0.6 is 0 Å². The van der Waals surface area contributed by atoms with Gasteiger partial charge in [-0.3, -0.25) is 4.79 Å². The van der Waals surface area contributed by atoms with Crippen LogP contribution in [0.25, 0.3) is 11.4 Å². The SMILES string of the molecule is CCNC(=O)c1ccc(C)c(NCc2nc(-c3ccccc3C)no2)c1. The molecule has 0 spiro atoms. The standard InChI is InChI=1S/C20H22N4O2/c1-4-21-20(25)15-10-9-14(3)17(11-15)22-12-18-23-19(24-26-18)16-8-6-5-7-13(16)2/h5-11,22H,4,12H2,1-3H3,(H,21,25). The summed E-state index contributed by atoms with van der Waals surface area (Å²) in [6.07, 6.45) is 0. The van der Waals surface area contributed by atoms with Crippen LogP contribution in [0.3, 0.4) is 0 Å². The monoisotopic (exact) mass is 350 g/mol. The van der Waals surface area contributed by atoms with E-state index in [1.165, 1.54) is 0 Å². The minimum Gasteiger partial charge on any atom is -0.376 e. The highest BCUT2D eigenvalue weighted by atomic mass is 16.5. The number of nitrogens with zero attached hydrogens (tertiary/aromatic N) is 2. The van der Waals surface area contributed by atoms with E-state index < -0.39 is 0 Å². The number of amides is 1. The molecule has 0 saturated heterocycles. The van der Waals surface area contributed by atoms with Gasteiger partial charge in [-0.25, -0.2) is 0 Å². The van der Waals surface area contributed by atoms with E-state index in [9.17, 15) is 4.79 Å². The molecule has 0 aliphatic heterocycles. The molecule has 6 nitrogen and oxygen atoms in total. The van der Waals surface area contributed by atoms with Crippen molar-refractivity contribution in [3.63, 3.8) is 0 Å². The Morgan fingerprint density at radius 1 is 1.12 bits per heavy atom. The predicted octanol–water partition coefficient (Wildman–Crippen LogP) is 3.72. The molecule has 0 atom stereocenters. The number of rotatable bonds is 6. The Bertz CT molecular complexity index is 918. The van der Waals surface area contributed by atoms with Gasteiger partial charge in [0.15, 0.2) is 0 Å². The van der Waals surface area contributed by atoms with Gasteiger partial charge in [-0.2, -0.15) is 4.98 Å². The molecular weight excluding hydrogens is 328 g/mol. The van der Waals surface area contributed by atoms with Crippen LogP contribution in [0.2, 0.25) is 0 Å². The van der Waals surface area contributed by atoms with Crippen molar-refractivity contribution in [3.8, 4) is 11.4 Å². The van der Waals surface area contributed by atoms with Crippen LogP contribution in [-0.4, -0.2) is 22.6 Å². The lowest BCUT2D eigenvalue weighted by atomic mass is 10.1. The zero-order chi connectivity index (χ0) is 18.5. The quantitative estimate of drug-likeness (QED) is 0.708. The van der Waals surface area contributed by atoms with Crippen molar-refractivity contribution >= 4 is 11.6 Å². The molecule has 6 heteroatoms. The fourth-order valence-corrected chi connectivity index (χ4v) is 2.65. The van der Waals surface area contributed by atoms with Crippen molar-refractivity contribution < 1.29 is 9.32 Å². The highest BCUT2D eigenvalue weighted by Gasteiger charge is 2.12. The van der Waals surface area contributed by atoms with Crippen molar-refractivity contribution in [2.24, 2.45) is 0 Å². The normalized spacial score (nSPS) is 10.6. The van der Waals surface area contributed by atoms with Crippen molar-refractivity contribution in [2.75, 3.05) is 11.9 Å². The summed E-state index contributed by atoms with van der Waals surface area (Å²) in [6.45, 7) is 6.88. The van der Waals surface area contributed by atoms with Crippen LogP contribution in [0.4, 0.5) is 5.69 Å². The van der Waals surface area contributed by atoms with Crippen molar-refractivity contribution in [1.82, 2.24) is 15.5 Å². The van der Waals surface area contributed by atoms with E-state index >= 15 is 0 Å². The first-order valence-electron chi connectivity index (χ1n) is 8.59. The first kappa shape index (κ1) is 17.7. The Hall–Kier alpha value is -3.15. The maximum atomic E-state index is 12.0. The van der Waals surface area contributed by atoms with E-state index in [0.29, 0.717) is 30.4 Å². The minimum atomic E-state index is -0.0878. The Morgan fingerprint density at radius 2 is 1.92 bits per heavy atom. The Labute approximate surface area is 152 Å². The lowest BCUT2D eigenvalue weighted by molar-refractivity contribution is 0.0956. The summed E-state index contributed by atoms with van der Waals surface area (Å²) in [7, 11) is 0. The van der Waals surface area contributed by atoms with E-state index in [-0.39, 0.29) is 5.91 Å². The third-order valence-electron chi connectivity index (χ3n) is 4.12. The lowest BCUT2D eigenvalue weighted by Gasteiger charge is -2.10. The van der Waals surface area contributed by atoms with Crippen LogP contribution in [0.1, 0.15) is 34.3 Å². The molecular formula is C20H22N4O2. The molecule has 0 aliphatic carbocycles. The van der Waals surface area contributed by atoms with Crippen LogP contribution < -0.4 is 10.6 Å². The van der Waals surface area contributed by atoms with Gasteiger partial charge in [-0.1, -0.05) is 35.5 Å². The van der Waals surface area contributed by atoms with Crippen LogP contribution in [0, 0.1) is 13.8 Å². The zero-order valence-corrected chi connectivity index (χ0v) is 15.2. The number of benzene rings is 2. The van der Waals surface area contributed by atoms with Crippen molar-refractivity contribution in [1.29, 1.82) is 0 Å². The van der Waals surface area contributed by atoms with E-state index in [1.54, 1.807) is 0 Å². The number of aryl methyl sites for hydroxylation is 2. The number of aromatic nitrogens is 2. The highest BCUT2D eigenvalue weighted by molar-refractivity contribution is 5.95. The maximum Gasteiger partial charge on any atom is 0.251 e. The molecule has 1 amide bonds. The molecule has 0 unspecified atom stereocenters. The summed E-state index contributed by atoms with van der Waals surface area (Å²) in [5.74, 6) is 0.981. The maximum absolute atomic E-state index is 12.0. The highest BCUT2D eigenvalue weighted by Crippen LogP contribution is 2.21. The van der Waals surface area contributed by atoms with Crippen LogP contribution in [0.5, 0.6) is 0 Å². The van der Waals surface area contributed by atoms with Gasteiger partial charge < -0.3 is 15.2 Å². The second-order valence-electron chi connectivity index (χ2n) is 6.07. The summed E-state index contributed by atoms with van der Waals surface area (Å²) in [4.78, 5) is 16.4. The Morgan fingerprint density at radius 3 is 2.69 bits per heavy atom. The molecule has 2 aromatic carbocycles. The summed E-state index contributed by atoms with van der Waals surface area (Å²) >= 11 is 0. The van der Waals surface area contributed by atoms with Crippen LogP contribution in [0.15, 0.2) is 47.0 Å². The molecule has 134 valence electrons. The first-order chi connectivity index (χ1) is 12.6. The van der Waals surface area contributed by atoms with Gasteiger partial charge in [-0.15, -0.1) is 0 Å². The average molecular weight is 350 g/mol. The van der Waals surface area contributed by atoms with Gasteiger partial charge in [-0.05, 0) is 44.0 Å². The first-order valence-corrected chi connectivity index (χ1v) is 8.59. The molecule has 2 N–H and O–H groups in total. The molecule has 1 heterocycles. The van der Waals surface area contributed by atoms with Gasteiger partial charge in [0.05, 0.1) is 6.54 Å². The van der Waals surface area contributed by atoms with Crippen molar-refractivity contribution in [2.45, 2.75) is 27.3 Å². The molecule has 3 rings (SSSR count). The lowest BCUT2D eigenvalue weighted by Crippen LogP contribution is -2.22. The minimum absolute atomic E-state index is 0.0878. The topological polar surface area (TPSA) is 80.0 Å². The zero-order valence-electron chi connectivity index (χ0n) is 15.2. The number of hydrogen-bond donors (Lipinski definition) is 2. The Kier molecular flexibility index (Phi) is 5.31. The Balaban J connectivity index is 1.73. The molecule has 0 saturated carbocycles. The second-order valence-corrected chi connectivity index (χ2v) is 6.07. The number of anilines is 1. The van der Waals surface area contributed by atoms with E-state index in [1.807, 2.05) is 63.2 Å². The van der Waals surface area contributed by atoms with Gasteiger partial charge in [0, 0.05) is 23.4 Å². The van der Waals surface area contributed by atoms with Crippen molar-refractivity contribution in [3.05, 3.63) is 65.0 Å². The van der Waals surface area contributed by atoms with Crippen LogP contribution in [-0.2, 0) is 6.54 Å². The second kappa shape index (κ2) is 7.82. The molecule has 26 heavy (non-hydrogen) atoms. The largest absolute Gasteiger partial charge is 0.376 e. The van der Waals surface area contributed by atoms with Gasteiger partial charge in [0.25, 0.3) is 5.91 Å². The molecule has 0 fully saturated rings. The fourth-order valence-electron chi connectivity index (χ4n) is 2.65. The molecule has 0 radical (unpaired) electrons. The molecule has 0 bridgehead atoms. The van der Waals surface area contributed by atoms with E-state index in [2.05, 4.69) is 20.8 Å². The fraction of sp³-hybridized carbons (Fsp3) is 0.250. The smallest absolute Gasteiger partial charge is 0.251 e. The van der Waals surface area contributed by atoms with E-state index in [4.69, 9.17) is 4.52 Å². The summed E-state index contributed by atoms with van der Waals surface area (Å²) in [5.41, 5.74) is 4.57. The predicted molar refractivity (Wildman–Crippen MR) is 101 cm³/mol. The number of carbonyl (C=O) groups excluding carboxylic acids is 1. The van der Waals surface area contributed by atoms with Gasteiger partial charge in [0.1, 0.15) is 0 Å². The summed E-state index contributed by atoms with van der Waals surface area (Å²) in [5, 5.41) is 10.1. The third kappa shape index (κ3) is 3.91. The van der Waals surface area contributed by atoms with Gasteiger partial charge in [0.2, 0.25) is 11.7 Å². The average Bonchev–Trinajstić information content (AvgIpc) is 3.10. The number of carbonyl (C=O) groups is 1. The summed E-state index contributed by atoms with van der Waals surface area (Å²) in [6, 6.07) is 13.5. The number of hydrogen-bond acceptors (Lipinski definition) is 5. The third-order valence-corrected chi connectivity index (χ3v) is 4.12. The van der Waals surface area contributed by atoms with E-state index in [0.717, 1.165) is 22.4 Å². The van der Waals surface area contributed by atoms with Gasteiger partial charge >= 0.3 is 0 Å². The number of nitrogens with one attached hydrogen (secondary N) is 2. The molecule has 1 aromatic heterocycles. The molecule has 0 aliphatic rings. The molecule has 3 aromatic rings.